The molecule has 0 radical (unpaired) electrons. The minimum atomic E-state index is -0.311. The van der Waals surface area contributed by atoms with Gasteiger partial charge in [0.2, 0.25) is 0 Å². The maximum Gasteiger partial charge on any atom is 0.123 e. The van der Waals surface area contributed by atoms with E-state index in [1.165, 1.54) is 0 Å². The van der Waals surface area contributed by atoms with Crippen molar-refractivity contribution in [3.63, 3.8) is 0 Å². The summed E-state index contributed by atoms with van der Waals surface area (Å²) < 4.78 is 11.1. The van der Waals surface area contributed by atoms with Crippen LogP contribution in [0.25, 0.3) is 0 Å². The Labute approximate surface area is 122 Å². The van der Waals surface area contributed by atoms with Crippen molar-refractivity contribution in [2.24, 2.45) is 0 Å². The molecule has 0 aliphatic rings. The molecule has 1 aromatic carbocycles. The lowest BCUT2D eigenvalue weighted by molar-refractivity contribution is 0.110. The van der Waals surface area contributed by atoms with Crippen molar-refractivity contribution in [1.82, 2.24) is 5.32 Å². The molecule has 114 valence electrons. The Bertz CT molecular complexity index is 397. The number of aliphatic hydroxyl groups is 1. The van der Waals surface area contributed by atoms with Crippen molar-refractivity contribution >= 4 is 0 Å². The van der Waals surface area contributed by atoms with Crippen LogP contribution < -0.4 is 14.8 Å². The summed E-state index contributed by atoms with van der Waals surface area (Å²) in [5, 5.41) is 13.0. The van der Waals surface area contributed by atoms with E-state index in [4.69, 9.17) is 9.47 Å². The molecule has 0 heterocycles. The predicted octanol–water partition coefficient (Wildman–Crippen LogP) is 2.60. The number of hydrogen-bond acceptors (Lipinski definition) is 4. The average molecular weight is 281 g/mol. The Hall–Kier alpha value is -1.26. The van der Waals surface area contributed by atoms with Crippen molar-refractivity contribution in [1.29, 1.82) is 0 Å². The summed E-state index contributed by atoms with van der Waals surface area (Å²) >= 11 is 0. The highest BCUT2D eigenvalue weighted by Crippen LogP contribution is 2.22. The van der Waals surface area contributed by atoms with Crippen LogP contribution in [0.4, 0.5) is 0 Å². The third-order valence-electron chi connectivity index (χ3n) is 3.27. The lowest BCUT2D eigenvalue weighted by Gasteiger charge is -2.31. The molecular weight excluding hydrogens is 254 g/mol. The fourth-order valence-electron chi connectivity index (χ4n) is 2.20. The highest BCUT2D eigenvalue weighted by molar-refractivity contribution is 5.32. The van der Waals surface area contributed by atoms with Gasteiger partial charge < -0.3 is 19.9 Å². The Morgan fingerprint density at radius 2 is 2.05 bits per heavy atom. The first-order valence-electron chi connectivity index (χ1n) is 7.19. The maximum atomic E-state index is 9.57. The molecule has 0 saturated heterocycles. The van der Waals surface area contributed by atoms with Crippen LogP contribution in [0.5, 0.6) is 11.5 Å². The van der Waals surface area contributed by atoms with Crippen molar-refractivity contribution in [2.45, 2.75) is 45.3 Å². The van der Waals surface area contributed by atoms with Gasteiger partial charge in [-0.1, -0.05) is 13.0 Å². The molecule has 1 rings (SSSR count). The summed E-state index contributed by atoms with van der Waals surface area (Å²) in [4.78, 5) is 0. The van der Waals surface area contributed by atoms with E-state index < -0.39 is 0 Å². The number of nitrogens with one attached hydrogen (secondary N) is 1. The third-order valence-corrected chi connectivity index (χ3v) is 3.27. The molecule has 1 aromatic rings. The lowest BCUT2D eigenvalue weighted by atomic mass is 9.95. The topological polar surface area (TPSA) is 50.7 Å². The van der Waals surface area contributed by atoms with Gasteiger partial charge in [-0.3, -0.25) is 0 Å². The number of aliphatic hydroxyl groups excluding tert-OH is 1. The van der Waals surface area contributed by atoms with Crippen LogP contribution in [0.15, 0.2) is 24.3 Å². The Morgan fingerprint density at radius 1 is 1.35 bits per heavy atom. The molecule has 2 atom stereocenters. The zero-order valence-corrected chi connectivity index (χ0v) is 13.0. The maximum absolute atomic E-state index is 9.57. The van der Waals surface area contributed by atoms with Gasteiger partial charge in [-0.05, 0) is 38.9 Å². The Morgan fingerprint density at radius 3 is 2.65 bits per heavy atom. The zero-order chi connectivity index (χ0) is 15.0. The quantitative estimate of drug-likeness (QED) is 0.730. The van der Waals surface area contributed by atoms with Gasteiger partial charge in [-0.2, -0.15) is 0 Å². The van der Waals surface area contributed by atoms with Crippen LogP contribution in [-0.4, -0.2) is 37.0 Å². The van der Waals surface area contributed by atoms with Crippen molar-refractivity contribution < 1.29 is 14.6 Å². The number of methoxy groups -OCH3 is 1. The van der Waals surface area contributed by atoms with Gasteiger partial charge in [0.25, 0.3) is 0 Å². The van der Waals surface area contributed by atoms with Crippen LogP contribution >= 0.6 is 0 Å². The Balaban J connectivity index is 2.58. The van der Waals surface area contributed by atoms with Crippen LogP contribution in [0.2, 0.25) is 0 Å². The van der Waals surface area contributed by atoms with E-state index in [-0.39, 0.29) is 18.2 Å². The molecule has 0 bridgehead atoms. The minimum absolute atomic E-state index is 0.00334. The molecule has 0 aliphatic carbocycles. The monoisotopic (exact) mass is 281 g/mol. The van der Waals surface area contributed by atoms with Gasteiger partial charge in [0.05, 0.1) is 19.8 Å². The fourth-order valence-corrected chi connectivity index (χ4v) is 2.20. The van der Waals surface area contributed by atoms with Crippen LogP contribution in [0.3, 0.4) is 0 Å². The molecular formula is C16H27NO3. The standard InChI is InChI=1S/C16H27NO3/c1-5-9-17-16(3,12-18)11-13(2)20-15-8-6-7-14(10-15)19-4/h6-8,10,13,17-18H,5,9,11-12H2,1-4H3. The zero-order valence-electron chi connectivity index (χ0n) is 13.0. The molecule has 0 saturated carbocycles. The van der Waals surface area contributed by atoms with Gasteiger partial charge in [0.15, 0.2) is 0 Å². The predicted molar refractivity (Wildman–Crippen MR) is 81.5 cm³/mol. The second-order valence-electron chi connectivity index (χ2n) is 5.46. The fraction of sp³-hybridized carbons (Fsp3) is 0.625. The van der Waals surface area contributed by atoms with Gasteiger partial charge in [0.1, 0.15) is 11.5 Å². The second-order valence-corrected chi connectivity index (χ2v) is 5.46. The van der Waals surface area contributed by atoms with Crippen LogP contribution in [0, 0.1) is 0 Å². The third kappa shape index (κ3) is 5.39. The van der Waals surface area contributed by atoms with Gasteiger partial charge in [0, 0.05) is 18.0 Å². The first-order valence-corrected chi connectivity index (χ1v) is 7.19. The van der Waals surface area contributed by atoms with E-state index in [2.05, 4.69) is 12.2 Å². The molecule has 4 nitrogen and oxygen atoms in total. The number of ether oxygens (including phenoxy) is 2. The summed E-state index contributed by atoms with van der Waals surface area (Å²) in [5.74, 6) is 1.57. The van der Waals surface area contributed by atoms with Crippen LogP contribution in [0.1, 0.15) is 33.6 Å². The molecule has 0 aliphatic heterocycles. The molecule has 0 spiro atoms. The Kier molecular flexibility index (Phi) is 6.82. The molecule has 0 amide bonds. The number of hydrogen-bond donors (Lipinski definition) is 2. The normalized spacial score (nSPS) is 15.4. The molecule has 4 heteroatoms. The molecule has 0 aromatic heterocycles. The van der Waals surface area contributed by atoms with E-state index in [9.17, 15) is 5.11 Å². The highest BCUT2D eigenvalue weighted by Gasteiger charge is 2.25. The number of benzene rings is 1. The minimum Gasteiger partial charge on any atom is -0.497 e. The second kappa shape index (κ2) is 8.12. The first-order chi connectivity index (χ1) is 9.53. The molecule has 0 fully saturated rings. The summed E-state index contributed by atoms with van der Waals surface area (Å²) in [5.41, 5.74) is -0.311. The van der Waals surface area contributed by atoms with Gasteiger partial charge in [-0.25, -0.2) is 0 Å². The molecule has 2 N–H and O–H groups in total. The summed E-state index contributed by atoms with van der Waals surface area (Å²) in [6.07, 6.45) is 1.78. The van der Waals surface area contributed by atoms with Gasteiger partial charge in [-0.15, -0.1) is 0 Å². The highest BCUT2D eigenvalue weighted by atomic mass is 16.5. The van der Waals surface area contributed by atoms with E-state index >= 15 is 0 Å². The molecule has 20 heavy (non-hydrogen) atoms. The molecule has 2 unspecified atom stereocenters. The average Bonchev–Trinajstić information content (AvgIpc) is 2.45. The van der Waals surface area contributed by atoms with E-state index in [0.29, 0.717) is 0 Å². The SMILES string of the molecule is CCCNC(C)(CO)CC(C)Oc1cccc(OC)c1. The van der Waals surface area contributed by atoms with E-state index in [1.54, 1.807) is 7.11 Å². The summed E-state index contributed by atoms with van der Waals surface area (Å²) in [6.45, 7) is 7.14. The largest absolute Gasteiger partial charge is 0.497 e. The van der Waals surface area contributed by atoms with Crippen molar-refractivity contribution in [3.05, 3.63) is 24.3 Å². The smallest absolute Gasteiger partial charge is 0.123 e. The van der Waals surface area contributed by atoms with Crippen molar-refractivity contribution in [3.8, 4) is 11.5 Å². The first kappa shape index (κ1) is 16.8. The van der Waals surface area contributed by atoms with E-state index in [0.717, 1.165) is 30.9 Å². The van der Waals surface area contributed by atoms with E-state index in [1.807, 2.05) is 38.1 Å². The summed E-state index contributed by atoms with van der Waals surface area (Å²) in [7, 11) is 1.64. The lowest BCUT2D eigenvalue weighted by Crippen LogP contribution is -2.48. The summed E-state index contributed by atoms with van der Waals surface area (Å²) in [6, 6.07) is 7.57. The van der Waals surface area contributed by atoms with Crippen molar-refractivity contribution in [2.75, 3.05) is 20.3 Å². The van der Waals surface area contributed by atoms with Crippen LogP contribution in [-0.2, 0) is 0 Å². The van der Waals surface area contributed by atoms with Gasteiger partial charge >= 0.3 is 0 Å². The number of rotatable bonds is 9.